The number of H-pyrrole nitrogens is 1. The van der Waals surface area contributed by atoms with Crippen molar-refractivity contribution >= 4 is 22.5 Å². The third-order valence-electron chi connectivity index (χ3n) is 6.13. The van der Waals surface area contributed by atoms with Gasteiger partial charge in [0, 0.05) is 49.1 Å². The van der Waals surface area contributed by atoms with Crippen LogP contribution < -0.4 is 10.1 Å². The van der Waals surface area contributed by atoms with Crippen LogP contribution in [0.15, 0.2) is 30.5 Å². The Bertz CT molecular complexity index is 1070. The molecule has 0 amide bonds. The molecular formula is C22H25N7O. The molecule has 0 radical (unpaired) electrons. The molecule has 2 aliphatic rings. The van der Waals surface area contributed by atoms with Crippen molar-refractivity contribution in [2.45, 2.75) is 57.2 Å². The molecule has 2 saturated heterocycles. The molecule has 5 rings (SSSR count). The minimum Gasteiger partial charge on any atom is -0.474 e. The van der Waals surface area contributed by atoms with Gasteiger partial charge in [-0.1, -0.05) is 0 Å². The van der Waals surface area contributed by atoms with Crippen molar-refractivity contribution in [1.82, 2.24) is 25.1 Å². The van der Waals surface area contributed by atoms with Crippen LogP contribution in [0.25, 0.3) is 10.9 Å². The Morgan fingerprint density at radius 1 is 1.27 bits per heavy atom. The first-order chi connectivity index (χ1) is 14.7. The molecule has 0 aliphatic carbocycles. The Labute approximate surface area is 175 Å². The standard InChI is InChI=1S/C22H25N7O/c1-14-10-21(28-27-14)25-20-13-19-18(4-2-8-24-19)22(26-20)30-17-11-15-5-6-16(12-17)29(15)9-3-7-23/h2,4,8,10,13,15-17H,3,5-6,9,11-12H2,1H3,(H2,25,26,27,28)/t15-,16+,17-. The molecule has 3 aromatic rings. The molecule has 8 nitrogen and oxygen atoms in total. The average Bonchev–Trinajstić information content (AvgIpc) is 3.25. The predicted molar refractivity (Wildman–Crippen MR) is 114 cm³/mol. The van der Waals surface area contributed by atoms with Crippen molar-refractivity contribution in [2.75, 3.05) is 11.9 Å². The third kappa shape index (κ3) is 3.68. The summed E-state index contributed by atoms with van der Waals surface area (Å²) in [6.07, 6.45) is 6.82. The molecule has 0 spiro atoms. The summed E-state index contributed by atoms with van der Waals surface area (Å²) in [6.45, 7) is 2.82. The van der Waals surface area contributed by atoms with Gasteiger partial charge in [0.1, 0.15) is 11.9 Å². The smallest absolute Gasteiger partial charge is 0.225 e. The van der Waals surface area contributed by atoms with Gasteiger partial charge >= 0.3 is 0 Å². The number of hydrogen-bond donors (Lipinski definition) is 2. The van der Waals surface area contributed by atoms with Gasteiger partial charge in [0.15, 0.2) is 5.82 Å². The second-order valence-electron chi connectivity index (χ2n) is 8.19. The quantitative estimate of drug-likeness (QED) is 0.647. The molecule has 0 unspecified atom stereocenters. The van der Waals surface area contributed by atoms with Crippen molar-refractivity contribution in [3.8, 4) is 11.9 Å². The van der Waals surface area contributed by atoms with Crippen LogP contribution >= 0.6 is 0 Å². The summed E-state index contributed by atoms with van der Waals surface area (Å²) in [6, 6.07) is 11.0. The number of pyridine rings is 2. The zero-order chi connectivity index (χ0) is 20.5. The number of nitrogens with one attached hydrogen (secondary N) is 2. The van der Waals surface area contributed by atoms with E-state index >= 15 is 0 Å². The number of fused-ring (bicyclic) bond motifs is 3. The molecule has 5 heterocycles. The van der Waals surface area contributed by atoms with E-state index in [2.05, 4.69) is 31.5 Å². The monoisotopic (exact) mass is 403 g/mol. The van der Waals surface area contributed by atoms with Gasteiger partial charge in [0.25, 0.3) is 0 Å². The lowest BCUT2D eigenvalue weighted by atomic mass is 9.99. The van der Waals surface area contributed by atoms with E-state index in [4.69, 9.17) is 15.0 Å². The molecule has 0 saturated carbocycles. The van der Waals surface area contributed by atoms with Crippen LogP contribution in [0.3, 0.4) is 0 Å². The number of aromatic nitrogens is 4. The lowest BCUT2D eigenvalue weighted by Crippen LogP contribution is -2.46. The summed E-state index contributed by atoms with van der Waals surface area (Å²) < 4.78 is 6.47. The van der Waals surface area contributed by atoms with Crippen LogP contribution in [0, 0.1) is 18.3 Å². The minimum atomic E-state index is 0.125. The molecule has 3 atom stereocenters. The molecule has 0 aromatic carbocycles. The van der Waals surface area contributed by atoms with E-state index in [1.54, 1.807) is 6.20 Å². The summed E-state index contributed by atoms with van der Waals surface area (Å²) in [5, 5.41) is 20.3. The molecule has 2 aliphatic heterocycles. The average molecular weight is 403 g/mol. The van der Waals surface area contributed by atoms with E-state index in [9.17, 15) is 0 Å². The zero-order valence-corrected chi connectivity index (χ0v) is 17.0. The highest BCUT2D eigenvalue weighted by atomic mass is 16.5. The molecule has 30 heavy (non-hydrogen) atoms. The Morgan fingerprint density at radius 2 is 2.10 bits per heavy atom. The number of ether oxygens (including phenoxy) is 1. The minimum absolute atomic E-state index is 0.125. The van der Waals surface area contributed by atoms with Crippen LogP contribution in [0.4, 0.5) is 11.6 Å². The Morgan fingerprint density at radius 3 is 2.83 bits per heavy atom. The largest absolute Gasteiger partial charge is 0.474 e. The summed E-state index contributed by atoms with van der Waals surface area (Å²) in [5.41, 5.74) is 1.82. The molecular weight excluding hydrogens is 378 g/mol. The van der Waals surface area contributed by atoms with E-state index in [-0.39, 0.29) is 6.10 Å². The van der Waals surface area contributed by atoms with Gasteiger partial charge in [-0.25, -0.2) is 0 Å². The molecule has 2 N–H and O–H groups in total. The van der Waals surface area contributed by atoms with Crippen molar-refractivity contribution in [2.24, 2.45) is 0 Å². The topological polar surface area (TPSA) is 103 Å². The highest BCUT2D eigenvalue weighted by Gasteiger charge is 2.41. The first kappa shape index (κ1) is 18.8. The number of rotatable bonds is 6. The number of piperidine rings is 1. The number of nitrogens with zero attached hydrogens (tertiary/aromatic N) is 5. The van der Waals surface area contributed by atoms with Gasteiger partial charge < -0.3 is 10.1 Å². The fraction of sp³-hybridized carbons (Fsp3) is 0.455. The first-order valence-electron chi connectivity index (χ1n) is 10.5. The number of aryl methyl sites for hydroxylation is 1. The second-order valence-corrected chi connectivity index (χ2v) is 8.19. The maximum Gasteiger partial charge on any atom is 0.225 e. The third-order valence-corrected chi connectivity index (χ3v) is 6.13. The number of anilines is 2. The van der Waals surface area contributed by atoms with Crippen LogP contribution in [0.2, 0.25) is 0 Å². The molecule has 8 heteroatoms. The lowest BCUT2D eigenvalue weighted by molar-refractivity contribution is 0.0494. The highest BCUT2D eigenvalue weighted by molar-refractivity contribution is 5.86. The molecule has 2 bridgehead atoms. The van der Waals surface area contributed by atoms with Gasteiger partial charge in [-0.2, -0.15) is 15.3 Å². The number of hydrogen-bond acceptors (Lipinski definition) is 7. The van der Waals surface area contributed by atoms with E-state index in [1.165, 1.54) is 12.8 Å². The molecule has 2 fully saturated rings. The van der Waals surface area contributed by atoms with E-state index in [0.717, 1.165) is 36.0 Å². The number of aromatic amines is 1. The van der Waals surface area contributed by atoms with Crippen LogP contribution in [-0.2, 0) is 0 Å². The number of nitriles is 1. The fourth-order valence-electron chi connectivity index (χ4n) is 4.83. The van der Waals surface area contributed by atoms with Gasteiger partial charge in [-0.15, -0.1) is 0 Å². The van der Waals surface area contributed by atoms with Gasteiger partial charge in [0.2, 0.25) is 5.88 Å². The van der Waals surface area contributed by atoms with Crippen molar-refractivity contribution in [3.63, 3.8) is 0 Å². The zero-order valence-electron chi connectivity index (χ0n) is 17.0. The first-order valence-corrected chi connectivity index (χ1v) is 10.5. The van der Waals surface area contributed by atoms with Crippen molar-refractivity contribution < 1.29 is 4.74 Å². The molecule has 3 aromatic heterocycles. The lowest BCUT2D eigenvalue weighted by Gasteiger charge is -2.38. The van der Waals surface area contributed by atoms with E-state index in [0.29, 0.717) is 36.0 Å². The predicted octanol–water partition coefficient (Wildman–Crippen LogP) is 3.69. The van der Waals surface area contributed by atoms with Crippen molar-refractivity contribution in [3.05, 3.63) is 36.2 Å². The van der Waals surface area contributed by atoms with Crippen LogP contribution in [-0.4, -0.2) is 49.8 Å². The summed E-state index contributed by atoms with van der Waals surface area (Å²) in [5.74, 6) is 1.99. The van der Waals surface area contributed by atoms with Crippen LogP contribution in [0.5, 0.6) is 5.88 Å². The Kier molecular flexibility index (Phi) is 4.97. The van der Waals surface area contributed by atoms with Gasteiger partial charge in [-0.3, -0.25) is 15.0 Å². The molecule has 154 valence electrons. The second kappa shape index (κ2) is 7.92. The van der Waals surface area contributed by atoms with E-state index in [1.807, 2.05) is 31.2 Å². The normalized spacial score (nSPS) is 23.4. The fourth-order valence-corrected chi connectivity index (χ4v) is 4.83. The Balaban J connectivity index is 1.38. The maximum absolute atomic E-state index is 8.94. The summed E-state index contributed by atoms with van der Waals surface area (Å²) in [7, 11) is 0. The maximum atomic E-state index is 8.94. The van der Waals surface area contributed by atoms with Gasteiger partial charge in [-0.05, 0) is 44.7 Å². The SMILES string of the molecule is Cc1cc(Nc2cc3ncccc3c(O[C@@H]3C[C@H]4CC[C@@H](C3)N4CCC#N)n2)n[nH]1. The Hall–Kier alpha value is -3.18. The van der Waals surface area contributed by atoms with Crippen molar-refractivity contribution in [1.29, 1.82) is 5.26 Å². The summed E-state index contributed by atoms with van der Waals surface area (Å²) >= 11 is 0. The van der Waals surface area contributed by atoms with E-state index < -0.39 is 0 Å². The van der Waals surface area contributed by atoms with Crippen LogP contribution in [0.1, 0.15) is 37.8 Å². The summed E-state index contributed by atoms with van der Waals surface area (Å²) in [4.78, 5) is 11.8. The van der Waals surface area contributed by atoms with Gasteiger partial charge in [0.05, 0.1) is 17.0 Å². The highest BCUT2D eigenvalue weighted by Crippen LogP contribution is 2.38.